The van der Waals surface area contributed by atoms with Crippen molar-refractivity contribution in [3.05, 3.63) is 88.9 Å². The number of hydrogen-bond acceptors (Lipinski definition) is 3. The second-order valence-corrected chi connectivity index (χ2v) is 6.21. The number of nitrogens with zero attached hydrogens (tertiary/aromatic N) is 1. The summed E-state index contributed by atoms with van der Waals surface area (Å²) in [5.41, 5.74) is 4.58. The molecular formula is C21H18N2O3. The highest BCUT2D eigenvalue weighted by Gasteiger charge is 2.15. The van der Waals surface area contributed by atoms with Crippen LogP contribution in [0.1, 0.15) is 21.6 Å². The molecule has 1 aliphatic heterocycles. The molecule has 0 fully saturated rings. The smallest absolute Gasteiger partial charge is 0.317 e. The zero-order chi connectivity index (χ0) is 17.9. The van der Waals surface area contributed by atoms with E-state index < -0.39 is 0 Å². The predicted molar refractivity (Wildman–Crippen MR) is 97.6 cm³/mol. The molecule has 2 aromatic carbocycles. The monoisotopic (exact) mass is 346 g/mol. The molecule has 130 valence electrons. The van der Waals surface area contributed by atoms with Gasteiger partial charge in [0.2, 0.25) is 0 Å². The standard InChI is InChI=1S/C21H18N2O3/c24-21(19-3-1-2-11-23(19)25)22-14-15-4-6-16(7-5-15)17-8-9-20-18(13-17)10-12-26-20/h1-9,11,13H,10,12,14H2,(H,22,24). The number of rotatable bonds is 4. The fraction of sp³-hybridized carbons (Fsp3) is 0.143. The summed E-state index contributed by atoms with van der Waals surface area (Å²) >= 11 is 0. The molecule has 1 amide bonds. The van der Waals surface area contributed by atoms with E-state index in [2.05, 4.69) is 17.4 Å². The summed E-state index contributed by atoms with van der Waals surface area (Å²) in [5.74, 6) is 0.591. The second-order valence-electron chi connectivity index (χ2n) is 6.21. The van der Waals surface area contributed by atoms with Crippen molar-refractivity contribution in [1.82, 2.24) is 5.32 Å². The van der Waals surface area contributed by atoms with Gasteiger partial charge in [0, 0.05) is 25.1 Å². The van der Waals surface area contributed by atoms with E-state index in [4.69, 9.17) is 4.74 Å². The van der Waals surface area contributed by atoms with Gasteiger partial charge in [-0.1, -0.05) is 30.3 Å². The Morgan fingerprint density at radius 2 is 1.88 bits per heavy atom. The molecule has 0 atom stereocenters. The fourth-order valence-corrected chi connectivity index (χ4v) is 3.06. The molecule has 5 nitrogen and oxygen atoms in total. The van der Waals surface area contributed by atoms with Crippen molar-refractivity contribution in [3.63, 3.8) is 0 Å². The highest BCUT2D eigenvalue weighted by Crippen LogP contribution is 2.30. The van der Waals surface area contributed by atoms with Gasteiger partial charge in [-0.3, -0.25) is 4.79 Å². The van der Waals surface area contributed by atoms with Crippen LogP contribution in [0.25, 0.3) is 11.1 Å². The molecule has 0 saturated carbocycles. The molecule has 0 radical (unpaired) electrons. The number of benzene rings is 2. The zero-order valence-corrected chi connectivity index (χ0v) is 14.1. The van der Waals surface area contributed by atoms with Gasteiger partial charge in [-0.15, -0.1) is 0 Å². The van der Waals surface area contributed by atoms with E-state index >= 15 is 0 Å². The van der Waals surface area contributed by atoms with Crippen LogP contribution in [0.2, 0.25) is 0 Å². The zero-order valence-electron chi connectivity index (χ0n) is 14.1. The fourth-order valence-electron chi connectivity index (χ4n) is 3.06. The largest absolute Gasteiger partial charge is 0.618 e. The maximum atomic E-state index is 12.1. The molecule has 0 unspecified atom stereocenters. The van der Waals surface area contributed by atoms with Gasteiger partial charge >= 0.3 is 5.91 Å². The molecule has 26 heavy (non-hydrogen) atoms. The summed E-state index contributed by atoms with van der Waals surface area (Å²) in [7, 11) is 0. The minimum absolute atomic E-state index is 0.0875. The number of pyridine rings is 1. The van der Waals surface area contributed by atoms with Crippen molar-refractivity contribution in [2.24, 2.45) is 0 Å². The Hall–Kier alpha value is -3.34. The van der Waals surface area contributed by atoms with Crippen molar-refractivity contribution in [2.45, 2.75) is 13.0 Å². The van der Waals surface area contributed by atoms with Gasteiger partial charge in [-0.05, 0) is 40.5 Å². The second kappa shape index (κ2) is 6.88. The summed E-state index contributed by atoms with van der Waals surface area (Å²) in [5, 5.41) is 14.4. The van der Waals surface area contributed by atoms with Crippen molar-refractivity contribution in [3.8, 4) is 16.9 Å². The van der Waals surface area contributed by atoms with E-state index in [1.807, 2.05) is 30.3 Å². The quantitative estimate of drug-likeness (QED) is 0.583. The predicted octanol–water partition coefficient (Wildman–Crippen LogP) is 2.85. The Labute approximate surface area is 151 Å². The minimum Gasteiger partial charge on any atom is -0.618 e. The highest BCUT2D eigenvalue weighted by atomic mass is 16.5. The lowest BCUT2D eigenvalue weighted by atomic mass is 10.0. The normalized spacial score (nSPS) is 12.3. The number of ether oxygens (including phenoxy) is 1. The Kier molecular flexibility index (Phi) is 4.27. The Balaban J connectivity index is 1.43. The third-order valence-electron chi connectivity index (χ3n) is 4.49. The molecular weight excluding hydrogens is 328 g/mol. The lowest BCUT2D eigenvalue weighted by Crippen LogP contribution is -2.38. The first-order valence-corrected chi connectivity index (χ1v) is 8.52. The molecule has 3 aromatic rings. The topological polar surface area (TPSA) is 65.3 Å². The van der Waals surface area contributed by atoms with Crippen molar-refractivity contribution < 1.29 is 14.3 Å². The first-order valence-electron chi connectivity index (χ1n) is 8.52. The average Bonchev–Trinajstić information content (AvgIpc) is 3.15. The van der Waals surface area contributed by atoms with Crippen LogP contribution < -0.4 is 14.8 Å². The third kappa shape index (κ3) is 3.24. The number of amides is 1. The minimum atomic E-state index is -0.386. The van der Waals surface area contributed by atoms with Crippen molar-refractivity contribution in [2.75, 3.05) is 6.61 Å². The molecule has 4 rings (SSSR count). The van der Waals surface area contributed by atoms with E-state index in [0.717, 1.165) is 35.5 Å². The molecule has 0 spiro atoms. The number of nitrogens with one attached hydrogen (secondary N) is 1. The molecule has 2 heterocycles. The number of hydrogen-bond donors (Lipinski definition) is 1. The van der Waals surface area contributed by atoms with Crippen LogP contribution in [0.4, 0.5) is 0 Å². The van der Waals surface area contributed by atoms with Crippen molar-refractivity contribution in [1.29, 1.82) is 0 Å². The SMILES string of the molecule is O=C(NCc1ccc(-c2ccc3c(c2)CCO3)cc1)c1cccc[n+]1[O-]. The maximum Gasteiger partial charge on any atom is 0.317 e. The maximum absolute atomic E-state index is 12.1. The van der Waals surface area contributed by atoms with Gasteiger partial charge < -0.3 is 15.3 Å². The van der Waals surface area contributed by atoms with E-state index in [-0.39, 0.29) is 11.6 Å². The molecule has 0 saturated heterocycles. The van der Waals surface area contributed by atoms with Gasteiger partial charge in [0.05, 0.1) is 6.61 Å². The average molecular weight is 346 g/mol. The summed E-state index contributed by atoms with van der Waals surface area (Å²) in [4.78, 5) is 12.1. The number of aromatic nitrogens is 1. The first kappa shape index (κ1) is 16.1. The Morgan fingerprint density at radius 3 is 2.69 bits per heavy atom. The summed E-state index contributed by atoms with van der Waals surface area (Å²) < 4.78 is 6.11. The molecule has 5 heteroatoms. The highest BCUT2D eigenvalue weighted by molar-refractivity contribution is 5.90. The summed E-state index contributed by atoms with van der Waals surface area (Å²) in [6.45, 7) is 1.12. The summed E-state index contributed by atoms with van der Waals surface area (Å²) in [6.07, 6.45) is 2.26. The molecule has 1 aromatic heterocycles. The number of fused-ring (bicyclic) bond motifs is 1. The summed E-state index contributed by atoms with van der Waals surface area (Å²) in [6, 6.07) is 19.0. The lowest BCUT2D eigenvalue weighted by Gasteiger charge is -2.08. The first-order chi connectivity index (χ1) is 12.7. The van der Waals surface area contributed by atoms with Crippen LogP contribution in [-0.4, -0.2) is 12.5 Å². The molecule has 1 aliphatic rings. The van der Waals surface area contributed by atoms with Crippen LogP contribution in [0.15, 0.2) is 66.9 Å². The molecule has 0 bridgehead atoms. The Bertz CT molecular complexity index is 952. The van der Waals surface area contributed by atoms with Crippen molar-refractivity contribution >= 4 is 5.91 Å². The van der Waals surface area contributed by atoms with E-state index in [1.165, 1.54) is 17.8 Å². The molecule has 0 aliphatic carbocycles. The van der Waals surface area contributed by atoms with Gasteiger partial charge in [-0.25, -0.2) is 0 Å². The Morgan fingerprint density at radius 1 is 1.08 bits per heavy atom. The van der Waals surface area contributed by atoms with Gasteiger partial charge in [0.1, 0.15) is 5.75 Å². The third-order valence-corrected chi connectivity index (χ3v) is 4.49. The van der Waals surface area contributed by atoms with Gasteiger partial charge in [0.15, 0.2) is 6.20 Å². The van der Waals surface area contributed by atoms with Crippen LogP contribution >= 0.6 is 0 Å². The number of carbonyl (C=O) groups is 1. The van der Waals surface area contributed by atoms with Crippen LogP contribution in [0, 0.1) is 5.21 Å². The molecule has 1 N–H and O–H groups in total. The van der Waals surface area contributed by atoms with Crippen LogP contribution in [0.3, 0.4) is 0 Å². The van der Waals surface area contributed by atoms with E-state index in [0.29, 0.717) is 11.3 Å². The van der Waals surface area contributed by atoms with Gasteiger partial charge in [-0.2, -0.15) is 4.73 Å². The number of carbonyl (C=O) groups excluding carboxylic acids is 1. The van der Waals surface area contributed by atoms with Crippen LogP contribution in [-0.2, 0) is 13.0 Å². The van der Waals surface area contributed by atoms with Gasteiger partial charge in [0.25, 0.3) is 5.69 Å². The van der Waals surface area contributed by atoms with E-state index in [9.17, 15) is 10.0 Å². The van der Waals surface area contributed by atoms with Crippen LogP contribution in [0.5, 0.6) is 5.75 Å². The van der Waals surface area contributed by atoms with E-state index in [1.54, 1.807) is 12.1 Å². The lowest BCUT2D eigenvalue weighted by molar-refractivity contribution is -0.607.